The first-order valence-electron chi connectivity index (χ1n) is 9.32. The molecule has 1 saturated heterocycles. The van der Waals surface area contributed by atoms with E-state index in [2.05, 4.69) is 44.1 Å². The van der Waals surface area contributed by atoms with Crippen LogP contribution in [0.1, 0.15) is 54.2 Å². The van der Waals surface area contributed by atoms with Crippen LogP contribution in [-0.4, -0.2) is 49.6 Å². The van der Waals surface area contributed by atoms with Gasteiger partial charge in [-0.05, 0) is 45.8 Å². The molecule has 0 amide bonds. The Morgan fingerprint density at radius 2 is 1.77 bits per heavy atom. The summed E-state index contributed by atoms with van der Waals surface area (Å²) < 4.78 is 32.7. The summed E-state index contributed by atoms with van der Waals surface area (Å²) in [5.41, 5.74) is 0.591. The summed E-state index contributed by atoms with van der Waals surface area (Å²) in [5, 5.41) is 7.05. The predicted molar refractivity (Wildman–Crippen MR) is 106 cm³/mol. The second kappa shape index (κ2) is 7.04. The Labute approximate surface area is 158 Å². The van der Waals surface area contributed by atoms with Crippen LogP contribution in [0.4, 0.5) is 4.39 Å². The maximum absolute atomic E-state index is 14.6. The third-order valence-electron chi connectivity index (χ3n) is 6.12. The highest BCUT2D eigenvalue weighted by Crippen LogP contribution is 2.37. The summed E-state index contributed by atoms with van der Waals surface area (Å²) in [6, 6.07) is 0. The van der Waals surface area contributed by atoms with E-state index in [0.717, 1.165) is 5.46 Å². The summed E-state index contributed by atoms with van der Waals surface area (Å²) in [6.45, 7) is 18.8. The molecule has 1 fully saturated rings. The molecule has 2 rings (SSSR count). The van der Waals surface area contributed by atoms with Gasteiger partial charge in [0, 0.05) is 23.8 Å². The van der Waals surface area contributed by atoms with Crippen LogP contribution in [0.15, 0.2) is 6.20 Å². The smallest absolute Gasteiger partial charge is 0.414 e. The van der Waals surface area contributed by atoms with Gasteiger partial charge in [-0.1, -0.05) is 20.8 Å². The third kappa shape index (κ3) is 4.40. The molecule has 0 aliphatic carbocycles. The van der Waals surface area contributed by atoms with Crippen molar-refractivity contribution in [3.63, 3.8) is 0 Å². The van der Waals surface area contributed by atoms with Crippen molar-refractivity contribution in [2.75, 3.05) is 6.61 Å². The molecule has 0 bridgehead atoms. The first-order chi connectivity index (χ1) is 11.7. The minimum absolute atomic E-state index is 0.0640. The second-order valence-corrected chi connectivity index (χ2v) is 14.6. The van der Waals surface area contributed by atoms with E-state index < -0.39 is 32.8 Å². The molecule has 5 nitrogen and oxygen atoms in total. The van der Waals surface area contributed by atoms with Crippen LogP contribution in [0.5, 0.6) is 0 Å². The fourth-order valence-electron chi connectivity index (χ4n) is 2.45. The average Bonchev–Trinajstić information content (AvgIpc) is 2.98. The van der Waals surface area contributed by atoms with Crippen molar-refractivity contribution in [3.05, 3.63) is 11.9 Å². The Hall–Kier alpha value is -0.698. The monoisotopic (exact) mass is 384 g/mol. The van der Waals surface area contributed by atoms with E-state index >= 15 is 0 Å². The van der Waals surface area contributed by atoms with Crippen LogP contribution in [0.25, 0.3) is 0 Å². The largest absolute Gasteiger partial charge is 0.498 e. The number of hydrogen-bond donors (Lipinski definition) is 1. The van der Waals surface area contributed by atoms with Crippen LogP contribution in [0, 0.1) is 0 Å². The molecule has 0 saturated carbocycles. The van der Waals surface area contributed by atoms with Crippen molar-refractivity contribution in [2.45, 2.75) is 90.4 Å². The van der Waals surface area contributed by atoms with Crippen LogP contribution in [0.2, 0.25) is 18.1 Å². The number of aromatic amines is 1. The van der Waals surface area contributed by atoms with Gasteiger partial charge in [0.1, 0.15) is 6.17 Å². The minimum atomic E-state index is -1.96. The molecule has 0 spiro atoms. The van der Waals surface area contributed by atoms with E-state index in [1.807, 2.05) is 27.7 Å². The Kier molecular flexibility index (Phi) is 5.85. The van der Waals surface area contributed by atoms with E-state index in [-0.39, 0.29) is 18.1 Å². The molecule has 0 aromatic carbocycles. The first-order valence-corrected chi connectivity index (χ1v) is 12.2. The topological polar surface area (TPSA) is 56.4 Å². The molecule has 1 aromatic rings. The van der Waals surface area contributed by atoms with Crippen molar-refractivity contribution in [2.24, 2.45) is 0 Å². The molecule has 0 radical (unpaired) electrons. The normalized spacial score (nSPS) is 21.2. The molecule has 26 heavy (non-hydrogen) atoms. The number of H-pyrrole nitrogens is 1. The third-order valence-corrected chi connectivity index (χ3v) is 10.6. The maximum atomic E-state index is 14.6. The summed E-state index contributed by atoms with van der Waals surface area (Å²) in [7, 11) is -2.50. The van der Waals surface area contributed by atoms with Gasteiger partial charge < -0.3 is 13.7 Å². The molecule has 1 aliphatic heterocycles. The zero-order chi connectivity index (χ0) is 20.0. The molecule has 1 aromatic heterocycles. The van der Waals surface area contributed by atoms with Crippen molar-refractivity contribution in [1.29, 1.82) is 0 Å². The molecule has 2 heterocycles. The average molecular weight is 384 g/mol. The standard InChI is InChI=1S/C18H34BFN2O3Si/c1-16(2,3)26(8,9)23-12-13(20)10-15-14(11-21-22-15)19-24-17(4,5)18(6,7)25-19/h11,13H,10,12H2,1-9H3,(H,21,22). The lowest BCUT2D eigenvalue weighted by Crippen LogP contribution is -2.42. The number of hydrogen-bond acceptors (Lipinski definition) is 4. The minimum Gasteiger partial charge on any atom is -0.414 e. The Balaban J connectivity index is 2.01. The zero-order valence-corrected chi connectivity index (χ0v) is 18.7. The molecule has 1 atom stereocenters. The van der Waals surface area contributed by atoms with Crippen molar-refractivity contribution in [3.8, 4) is 0 Å². The second-order valence-electron chi connectivity index (χ2n) is 9.76. The zero-order valence-electron chi connectivity index (χ0n) is 17.7. The lowest BCUT2D eigenvalue weighted by Gasteiger charge is -2.36. The van der Waals surface area contributed by atoms with E-state index in [1.165, 1.54) is 0 Å². The van der Waals surface area contributed by atoms with Crippen LogP contribution in [-0.2, 0) is 20.2 Å². The molecule has 1 unspecified atom stereocenters. The molecule has 8 heteroatoms. The Morgan fingerprint density at radius 3 is 2.27 bits per heavy atom. The quantitative estimate of drug-likeness (QED) is 0.762. The number of rotatable bonds is 6. The summed E-state index contributed by atoms with van der Waals surface area (Å²) >= 11 is 0. The van der Waals surface area contributed by atoms with Gasteiger partial charge in [0.15, 0.2) is 8.32 Å². The van der Waals surface area contributed by atoms with Gasteiger partial charge >= 0.3 is 7.12 Å². The van der Waals surface area contributed by atoms with Gasteiger partial charge in [-0.2, -0.15) is 5.10 Å². The van der Waals surface area contributed by atoms with Crippen LogP contribution < -0.4 is 5.46 Å². The molecule has 1 N–H and O–H groups in total. The number of halogens is 1. The summed E-state index contributed by atoms with van der Waals surface area (Å²) in [4.78, 5) is 0. The molecule has 148 valence electrons. The van der Waals surface area contributed by atoms with Gasteiger partial charge in [0.2, 0.25) is 0 Å². The molecular weight excluding hydrogens is 350 g/mol. The van der Waals surface area contributed by atoms with Gasteiger partial charge in [-0.3, -0.25) is 5.10 Å². The first kappa shape index (κ1) is 21.6. The number of nitrogens with one attached hydrogen (secondary N) is 1. The van der Waals surface area contributed by atoms with Crippen molar-refractivity contribution < 1.29 is 18.1 Å². The Morgan fingerprint density at radius 1 is 1.23 bits per heavy atom. The van der Waals surface area contributed by atoms with Crippen molar-refractivity contribution in [1.82, 2.24) is 10.2 Å². The molecule has 1 aliphatic rings. The van der Waals surface area contributed by atoms with E-state index in [4.69, 9.17) is 13.7 Å². The highest BCUT2D eigenvalue weighted by Gasteiger charge is 2.52. The fraction of sp³-hybridized carbons (Fsp3) is 0.833. The fourth-order valence-corrected chi connectivity index (χ4v) is 3.49. The highest BCUT2D eigenvalue weighted by molar-refractivity contribution is 6.74. The van der Waals surface area contributed by atoms with Gasteiger partial charge in [-0.15, -0.1) is 0 Å². The lowest BCUT2D eigenvalue weighted by molar-refractivity contribution is 0.00578. The van der Waals surface area contributed by atoms with Crippen LogP contribution >= 0.6 is 0 Å². The van der Waals surface area contributed by atoms with Crippen molar-refractivity contribution >= 4 is 20.9 Å². The van der Waals surface area contributed by atoms with Gasteiger partial charge in [0.25, 0.3) is 0 Å². The summed E-state index contributed by atoms with van der Waals surface area (Å²) in [5.74, 6) is 0. The van der Waals surface area contributed by atoms with Crippen LogP contribution in [0.3, 0.4) is 0 Å². The number of nitrogens with zero attached hydrogens (tertiary/aromatic N) is 1. The van der Waals surface area contributed by atoms with Gasteiger partial charge in [-0.25, -0.2) is 4.39 Å². The maximum Gasteiger partial charge on any atom is 0.498 e. The van der Waals surface area contributed by atoms with Gasteiger partial charge in [0.05, 0.1) is 17.8 Å². The van der Waals surface area contributed by atoms with E-state index in [1.54, 1.807) is 6.20 Å². The summed E-state index contributed by atoms with van der Waals surface area (Å²) in [6.07, 6.45) is 0.762. The number of aromatic nitrogens is 2. The Bertz CT molecular complexity index is 612. The van der Waals surface area contributed by atoms with E-state index in [9.17, 15) is 4.39 Å². The SMILES string of the molecule is CC1(C)OB(c2cn[nH]c2CC(F)CO[Si](C)(C)C(C)(C)C)OC1(C)C. The lowest BCUT2D eigenvalue weighted by atomic mass is 9.78. The van der Waals surface area contributed by atoms with E-state index in [0.29, 0.717) is 5.69 Å². The predicted octanol–water partition coefficient (Wildman–Crippen LogP) is 3.61. The highest BCUT2D eigenvalue weighted by atomic mass is 28.4. The number of alkyl halides is 1. The molecular formula is C18H34BFN2O3Si.